The maximum absolute atomic E-state index is 5.64. The summed E-state index contributed by atoms with van der Waals surface area (Å²) < 4.78 is 0. The minimum atomic E-state index is 0.639. The maximum Gasteiger partial charge on any atom is 0.180 e. The van der Waals surface area contributed by atoms with Crippen molar-refractivity contribution in [3.05, 3.63) is 52.2 Å². The summed E-state index contributed by atoms with van der Waals surface area (Å²) in [6.07, 6.45) is 1.90. The van der Waals surface area contributed by atoms with Crippen molar-refractivity contribution in [1.82, 2.24) is 25.1 Å². The fourth-order valence-corrected chi connectivity index (χ4v) is 3.27. The van der Waals surface area contributed by atoms with Crippen molar-refractivity contribution in [2.24, 2.45) is 10.9 Å². The third-order valence-corrected chi connectivity index (χ3v) is 4.37. The highest BCUT2D eigenvalue weighted by atomic mass is 32.1. The highest BCUT2D eigenvalue weighted by Crippen LogP contribution is 2.25. The lowest BCUT2D eigenvalue weighted by Crippen LogP contribution is -2.05. The molecule has 0 fully saturated rings. The van der Waals surface area contributed by atoms with E-state index in [4.69, 9.17) is 5.84 Å². The number of aromatic nitrogens is 5. The lowest BCUT2D eigenvalue weighted by molar-refractivity contribution is 1.04. The van der Waals surface area contributed by atoms with E-state index >= 15 is 0 Å². The monoisotopic (exact) mass is 323 g/mol. The Morgan fingerprint density at radius 3 is 2.91 bits per heavy atom. The van der Waals surface area contributed by atoms with Gasteiger partial charge in [0.05, 0.1) is 0 Å². The lowest BCUT2D eigenvalue weighted by atomic mass is 10.1. The number of fused-ring (bicyclic) bond motifs is 1. The Labute approximate surface area is 135 Å². The normalized spacial score (nSPS) is 12.1. The molecule has 3 heterocycles. The van der Waals surface area contributed by atoms with Crippen molar-refractivity contribution in [3.8, 4) is 11.5 Å². The number of H-pyrrole nitrogens is 2. The number of hydrazone groups is 1. The number of benzene rings is 1. The van der Waals surface area contributed by atoms with Crippen LogP contribution < -0.4 is 5.84 Å². The summed E-state index contributed by atoms with van der Waals surface area (Å²) in [6.45, 7) is 1.85. The van der Waals surface area contributed by atoms with Crippen LogP contribution in [0.4, 0.5) is 0 Å². The fraction of sp³-hybridized carbons (Fsp3) is 0.0667. The van der Waals surface area contributed by atoms with E-state index in [0.717, 1.165) is 33.0 Å². The minimum Gasteiger partial charge on any atom is -0.360 e. The largest absolute Gasteiger partial charge is 0.360 e. The third-order valence-electron chi connectivity index (χ3n) is 3.52. The Morgan fingerprint density at radius 2 is 2.13 bits per heavy atom. The second-order valence-corrected chi connectivity index (χ2v) is 5.88. The van der Waals surface area contributed by atoms with Crippen LogP contribution in [0.25, 0.3) is 22.4 Å². The molecular weight excluding hydrogens is 310 g/mol. The topological polar surface area (TPSA) is 109 Å². The molecule has 7 nitrogen and oxygen atoms in total. The first kappa shape index (κ1) is 13.6. The molecule has 0 amide bonds. The predicted molar refractivity (Wildman–Crippen MR) is 90.4 cm³/mol. The molecular formula is C15H13N7S. The second-order valence-electron chi connectivity index (χ2n) is 5.02. The zero-order valence-electron chi connectivity index (χ0n) is 12.2. The van der Waals surface area contributed by atoms with Crippen molar-refractivity contribution in [3.63, 3.8) is 0 Å². The van der Waals surface area contributed by atoms with Gasteiger partial charge in [0.15, 0.2) is 5.82 Å². The molecule has 0 spiro atoms. The molecule has 1 aromatic carbocycles. The highest BCUT2D eigenvalue weighted by Gasteiger charge is 2.17. The molecule has 0 saturated heterocycles. The van der Waals surface area contributed by atoms with Gasteiger partial charge in [-0.05, 0) is 13.0 Å². The highest BCUT2D eigenvalue weighted by molar-refractivity contribution is 7.12. The van der Waals surface area contributed by atoms with Gasteiger partial charge in [0.2, 0.25) is 0 Å². The molecule has 8 heteroatoms. The molecule has 0 radical (unpaired) electrons. The average molecular weight is 323 g/mol. The molecule has 0 aliphatic carbocycles. The number of nitrogens with two attached hydrogens (primary N) is 1. The predicted octanol–water partition coefficient (Wildman–Crippen LogP) is 2.43. The summed E-state index contributed by atoms with van der Waals surface area (Å²) in [5.41, 5.74) is 3.34. The Morgan fingerprint density at radius 1 is 1.26 bits per heavy atom. The first-order chi connectivity index (χ1) is 11.3. The summed E-state index contributed by atoms with van der Waals surface area (Å²) >= 11 is 1.47. The van der Waals surface area contributed by atoms with Gasteiger partial charge in [-0.1, -0.05) is 18.2 Å². The second kappa shape index (κ2) is 5.33. The van der Waals surface area contributed by atoms with E-state index in [1.807, 2.05) is 42.8 Å². The van der Waals surface area contributed by atoms with E-state index in [0.29, 0.717) is 11.5 Å². The van der Waals surface area contributed by atoms with Gasteiger partial charge < -0.3 is 15.8 Å². The van der Waals surface area contributed by atoms with Crippen LogP contribution in [0.3, 0.4) is 0 Å². The SMILES string of the molecule is Cc1nnc(-c2csc(C(=NN)c3c[nH]c4ccccc34)n2)[nH]1. The van der Waals surface area contributed by atoms with Crippen molar-refractivity contribution in [2.75, 3.05) is 0 Å². The molecule has 0 unspecified atom stereocenters. The minimum absolute atomic E-state index is 0.639. The Balaban J connectivity index is 1.78. The number of nitrogens with zero attached hydrogens (tertiary/aromatic N) is 4. The molecule has 0 atom stereocenters. The van der Waals surface area contributed by atoms with Crippen molar-refractivity contribution in [2.45, 2.75) is 6.92 Å². The molecule has 0 bridgehead atoms. The maximum atomic E-state index is 5.64. The summed E-state index contributed by atoms with van der Waals surface area (Å²) in [5.74, 6) is 7.03. The summed E-state index contributed by atoms with van der Waals surface area (Å²) in [7, 11) is 0. The van der Waals surface area contributed by atoms with Gasteiger partial charge >= 0.3 is 0 Å². The molecule has 0 saturated carbocycles. The van der Waals surface area contributed by atoms with E-state index in [9.17, 15) is 0 Å². The zero-order chi connectivity index (χ0) is 15.8. The van der Waals surface area contributed by atoms with Crippen LogP contribution in [-0.2, 0) is 0 Å². The Bertz CT molecular complexity index is 1010. The standard InChI is InChI=1S/C15H13N7S/c1-8-18-14(22-21-8)12-7-23-15(19-12)13(20-16)10-6-17-11-5-3-2-4-9(10)11/h2-7,17H,16H2,1H3,(H,18,21,22). The molecule has 4 aromatic rings. The molecule has 4 rings (SSSR count). The van der Waals surface area contributed by atoms with Gasteiger partial charge in [0, 0.05) is 28.0 Å². The first-order valence-corrected chi connectivity index (χ1v) is 7.84. The number of aromatic amines is 2. The van der Waals surface area contributed by atoms with Gasteiger partial charge in [0.25, 0.3) is 0 Å². The first-order valence-electron chi connectivity index (χ1n) is 6.96. The number of thiazole rings is 1. The van der Waals surface area contributed by atoms with Crippen molar-refractivity contribution >= 4 is 28.0 Å². The van der Waals surface area contributed by atoms with Gasteiger partial charge in [0.1, 0.15) is 22.2 Å². The van der Waals surface area contributed by atoms with Crippen molar-refractivity contribution < 1.29 is 0 Å². The van der Waals surface area contributed by atoms with Crippen LogP contribution in [-0.4, -0.2) is 30.9 Å². The molecule has 114 valence electrons. The van der Waals surface area contributed by atoms with Crippen LogP contribution in [0.2, 0.25) is 0 Å². The fourth-order valence-electron chi connectivity index (χ4n) is 2.46. The van der Waals surface area contributed by atoms with Crippen LogP contribution in [0, 0.1) is 6.92 Å². The van der Waals surface area contributed by atoms with Crippen LogP contribution in [0.5, 0.6) is 0 Å². The molecule has 4 N–H and O–H groups in total. The van der Waals surface area contributed by atoms with E-state index < -0.39 is 0 Å². The Hall–Kier alpha value is -3.00. The van der Waals surface area contributed by atoms with Crippen LogP contribution in [0.15, 0.2) is 40.9 Å². The average Bonchev–Trinajstić information content (AvgIpc) is 3.28. The van der Waals surface area contributed by atoms with E-state index in [-0.39, 0.29) is 0 Å². The lowest BCUT2D eigenvalue weighted by Gasteiger charge is -2.00. The molecule has 3 aromatic heterocycles. The smallest absolute Gasteiger partial charge is 0.180 e. The van der Waals surface area contributed by atoms with Gasteiger partial charge in [-0.15, -0.1) is 21.5 Å². The number of hydrogen-bond acceptors (Lipinski definition) is 6. The van der Waals surface area contributed by atoms with Gasteiger partial charge in [-0.3, -0.25) is 0 Å². The summed E-state index contributed by atoms with van der Waals surface area (Å²) in [6, 6.07) is 8.01. The van der Waals surface area contributed by atoms with E-state index in [1.54, 1.807) is 0 Å². The van der Waals surface area contributed by atoms with Crippen LogP contribution >= 0.6 is 11.3 Å². The number of nitrogens with one attached hydrogen (secondary N) is 2. The van der Waals surface area contributed by atoms with Gasteiger partial charge in [-0.25, -0.2) is 4.98 Å². The quantitative estimate of drug-likeness (QED) is 0.305. The molecule has 23 heavy (non-hydrogen) atoms. The molecule has 0 aliphatic rings. The van der Waals surface area contributed by atoms with E-state index in [2.05, 4.69) is 30.3 Å². The van der Waals surface area contributed by atoms with Crippen molar-refractivity contribution in [1.29, 1.82) is 0 Å². The zero-order valence-corrected chi connectivity index (χ0v) is 13.1. The van der Waals surface area contributed by atoms with Gasteiger partial charge in [-0.2, -0.15) is 5.10 Å². The number of hydrogen-bond donors (Lipinski definition) is 3. The summed E-state index contributed by atoms with van der Waals surface area (Å²) in [5, 5.41) is 15.7. The van der Waals surface area contributed by atoms with E-state index in [1.165, 1.54) is 11.3 Å². The number of rotatable bonds is 3. The Kier molecular flexibility index (Phi) is 3.16. The summed E-state index contributed by atoms with van der Waals surface area (Å²) in [4.78, 5) is 10.9. The van der Waals surface area contributed by atoms with Crippen LogP contribution in [0.1, 0.15) is 16.4 Å². The third kappa shape index (κ3) is 2.29. The number of aryl methyl sites for hydroxylation is 1. The molecule has 0 aliphatic heterocycles. The number of para-hydroxylation sites is 1.